The molecule has 3 aromatic heterocycles. The molecule has 5 aromatic rings. The Bertz CT molecular complexity index is 2230. The molecule has 0 radical (unpaired) electrons. The van der Waals surface area contributed by atoms with Crippen molar-refractivity contribution in [1.82, 2.24) is 45.5 Å². The third kappa shape index (κ3) is 7.68. The van der Waals surface area contributed by atoms with E-state index in [1.54, 1.807) is 18.0 Å². The van der Waals surface area contributed by atoms with Crippen LogP contribution >= 0.6 is 11.6 Å². The number of rotatable bonds is 12. The van der Waals surface area contributed by atoms with Crippen molar-refractivity contribution < 1.29 is 23.9 Å². The average Bonchev–Trinajstić information content (AvgIpc) is 4.10. The van der Waals surface area contributed by atoms with Crippen molar-refractivity contribution in [3.63, 3.8) is 0 Å². The molecule has 16 heteroatoms. The summed E-state index contributed by atoms with van der Waals surface area (Å²) in [6, 6.07) is 15.4. The van der Waals surface area contributed by atoms with Crippen LogP contribution < -0.4 is 16.2 Å². The van der Waals surface area contributed by atoms with Crippen LogP contribution in [0.3, 0.4) is 0 Å². The molecule has 3 unspecified atom stereocenters. The van der Waals surface area contributed by atoms with Gasteiger partial charge < -0.3 is 29.7 Å². The molecule has 3 fully saturated rings. The molecule has 4 heterocycles. The van der Waals surface area contributed by atoms with Crippen molar-refractivity contribution in [2.75, 3.05) is 26.2 Å². The van der Waals surface area contributed by atoms with Crippen molar-refractivity contribution in [3.05, 3.63) is 90.1 Å². The fraction of sp³-hybridized carbons (Fsp3) is 0.390. The molecule has 2 bridgehead atoms. The van der Waals surface area contributed by atoms with Gasteiger partial charge in [-0.3, -0.25) is 20.4 Å². The number of carbonyl (C=O) groups excluding carboxylic acids is 3. The van der Waals surface area contributed by atoms with Gasteiger partial charge in [0.2, 0.25) is 11.8 Å². The van der Waals surface area contributed by atoms with Crippen molar-refractivity contribution in [2.45, 2.75) is 63.1 Å². The van der Waals surface area contributed by atoms with Crippen LogP contribution in [-0.2, 0) is 19.1 Å². The van der Waals surface area contributed by atoms with E-state index in [4.69, 9.17) is 26.1 Å². The Morgan fingerprint density at radius 2 is 1.44 bits per heavy atom. The number of ether oxygens (including phenoxy) is 2. The molecule has 296 valence electrons. The van der Waals surface area contributed by atoms with Crippen LogP contribution in [0.5, 0.6) is 0 Å². The number of anilines is 1. The van der Waals surface area contributed by atoms with Crippen molar-refractivity contribution in [1.29, 1.82) is 0 Å². The van der Waals surface area contributed by atoms with Gasteiger partial charge in [-0.05, 0) is 73.1 Å². The van der Waals surface area contributed by atoms with Crippen LogP contribution in [-0.4, -0.2) is 85.6 Å². The number of nitrogens with zero attached hydrogens (tertiary/aromatic N) is 5. The summed E-state index contributed by atoms with van der Waals surface area (Å²) in [5, 5.41) is 2.81. The van der Waals surface area contributed by atoms with Crippen LogP contribution in [0.25, 0.3) is 33.6 Å². The molecule has 0 spiro atoms. The number of likely N-dealkylation sites (tertiary alicyclic amines) is 1. The molecule has 15 nitrogen and oxygen atoms in total. The van der Waals surface area contributed by atoms with E-state index in [9.17, 15) is 14.4 Å². The SMILES string of the molecule is COC(=O)N[C@H](C(=O)N1CCC[C@H]1c1ncc(-c2ccc(-c3ccc(-c4cnc([C@@H]5C6CCC(C6)C5C(=O)NNc5nccnc5Cl)[nH]4)cc3)cc2)[nH]1)[C@@H](C)OC. The summed E-state index contributed by atoms with van der Waals surface area (Å²) in [7, 11) is 2.76. The number of hydrogen-bond donors (Lipinski definition) is 5. The lowest BCUT2D eigenvalue weighted by molar-refractivity contribution is -0.137. The summed E-state index contributed by atoms with van der Waals surface area (Å²) < 4.78 is 10.1. The van der Waals surface area contributed by atoms with Gasteiger partial charge in [-0.15, -0.1) is 0 Å². The Labute approximate surface area is 334 Å². The molecule has 5 N–H and O–H groups in total. The minimum absolute atomic E-state index is 0.00707. The molecule has 2 aromatic carbocycles. The highest BCUT2D eigenvalue weighted by molar-refractivity contribution is 6.31. The Hall–Kier alpha value is -5.80. The highest BCUT2D eigenvalue weighted by Gasteiger charge is 2.52. The number of halogens is 1. The first-order valence-electron chi connectivity index (χ1n) is 19.2. The average molecular weight is 793 g/mol. The fourth-order valence-corrected chi connectivity index (χ4v) is 9.01. The lowest BCUT2D eigenvalue weighted by atomic mass is 9.78. The number of amides is 3. The Kier molecular flexibility index (Phi) is 10.9. The zero-order valence-corrected chi connectivity index (χ0v) is 32.6. The molecule has 2 saturated carbocycles. The highest BCUT2D eigenvalue weighted by Crippen LogP contribution is 2.56. The lowest BCUT2D eigenvalue weighted by Crippen LogP contribution is -2.54. The molecule has 3 amide bonds. The molecule has 7 atom stereocenters. The van der Waals surface area contributed by atoms with Gasteiger partial charge in [0.15, 0.2) is 11.0 Å². The molecule has 2 aliphatic carbocycles. The summed E-state index contributed by atoms with van der Waals surface area (Å²) in [6.07, 6.45) is 10.1. The van der Waals surface area contributed by atoms with E-state index in [1.165, 1.54) is 26.6 Å². The number of hydrazine groups is 1. The van der Waals surface area contributed by atoms with Gasteiger partial charge in [0.05, 0.1) is 49.0 Å². The van der Waals surface area contributed by atoms with E-state index < -0.39 is 18.2 Å². The van der Waals surface area contributed by atoms with Crippen LogP contribution in [0.1, 0.15) is 62.6 Å². The molecule has 8 rings (SSSR count). The summed E-state index contributed by atoms with van der Waals surface area (Å²) >= 11 is 6.12. The maximum Gasteiger partial charge on any atom is 0.407 e. The Balaban J connectivity index is 0.918. The number of hydrogen-bond acceptors (Lipinski definition) is 10. The van der Waals surface area contributed by atoms with Gasteiger partial charge in [0.1, 0.15) is 17.7 Å². The van der Waals surface area contributed by atoms with E-state index in [-0.39, 0.29) is 34.8 Å². The smallest absolute Gasteiger partial charge is 0.407 e. The molecule has 1 saturated heterocycles. The summed E-state index contributed by atoms with van der Waals surface area (Å²) in [5.41, 5.74) is 11.5. The van der Waals surface area contributed by atoms with Crippen LogP contribution in [0.2, 0.25) is 5.15 Å². The van der Waals surface area contributed by atoms with Crippen LogP contribution in [0, 0.1) is 17.8 Å². The monoisotopic (exact) mass is 792 g/mol. The minimum Gasteiger partial charge on any atom is -0.453 e. The van der Waals surface area contributed by atoms with Crippen LogP contribution in [0.15, 0.2) is 73.3 Å². The first kappa shape index (κ1) is 38.1. The number of nitrogens with one attached hydrogen (secondary N) is 5. The van der Waals surface area contributed by atoms with Gasteiger partial charge in [0.25, 0.3) is 0 Å². The molecular formula is C41H45ClN10O5. The number of methoxy groups -OCH3 is 2. The Morgan fingerprint density at radius 1 is 0.825 bits per heavy atom. The Morgan fingerprint density at radius 3 is 2.09 bits per heavy atom. The van der Waals surface area contributed by atoms with E-state index in [0.29, 0.717) is 30.0 Å². The van der Waals surface area contributed by atoms with Crippen molar-refractivity contribution in [2.24, 2.45) is 17.8 Å². The zero-order valence-electron chi connectivity index (χ0n) is 31.9. The van der Waals surface area contributed by atoms with Gasteiger partial charge in [0, 0.05) is 32.0 Å². The molecule has 3 aliphatic rings. The largest absolute Gasteiger partial charge is 0.453 e. The van der Waals surface area contributed by atoms with E-state index >= 15 is 0 Å². The van der Waals surface area contributed by atoms with E-state index in [2.05, 4.69) is 89.6 Å². The predicted molar refractivity (Wildman–Crippen MR) is 212 cm³/mol. The van der Waals surface area contributed by atoms with Crippen molar-refractivity contribution >= 4 is 35.3 Å². The minimum atomic E-state index is -0.892. The normalized spacial score (nSPS) is 22.2. The molecule has 57 heavy (non-hydrogen) atoms. The first-order chi connectivity index (χ1) is 27.7. The summed E-state index contributed by atoms with van der Waals surface area (Å²) in [4.78, 5) is 65.5. The topological polar surface area (TPSA) is 192 Å². The number of H-pyrrole nitrogens is 2. The number of alkyl carbamates (subject to hydrolysis) is 1. The first-order valence-corrected chi connectivity index (χ1v) is 19.6. The second kappa shape index (κ2) is 16.4. The van der Waals surface area contributed by atoms with E-state index in [1.807, 2.05) is 6.20 Å². The maximum absolute atomic E-state index is 13.6. The third-order valence-corrected chi connectivity index (χ3v) is 12.1. The predicted octanol–water partition coefficient (Wildman–Crippen LogP) is 6.27. The van der Waals surface area contributed by atoms with Gasteiger partial charge in [-0.2, -0.15) is 0 Å². The number of aromatic amines is 2. The molecular weight excluding hydrogens is 748 g/mol. The van der Waals surface area contributed by atoms with Crippen molar-refractivity contribution in [3.8, 4) is 33.6 Å². The van der Waals surface area contributed by atoms with Crippen LogP contribution in [0.4, 0.5) is 10.6 Å². The van der Waals surface area contributed by atoms with Gasteiger partial charge in [-0.25, -0.2) is 24.7 Å². The third-order valence-electron chi connectivity index (χ3n) is 11.8. The highest BCUT2D eigenvalue weighted by atomic mass is 35.5. The quantitative estimate of drug-likeness (QED) is 0.0900. The zero-order chi connectivity index (χ0) is 39.6. The lowest BCUT2D eigenvalue weighted by Gasteiger charge is -2.30. The second-order valence-electron chi connectivity index (χ2n) is 15.0. The molecule has 1 aliphatic heterocycles. The number of benzene rings is 2. The summed E-state index contributed by atoms with van der Waals surface area (Å²) in [6.45, 7) is 2.28. The standard InChI is InChI=1S/C41H45ClN10O5/c1-22(56-2)34(49-41(55)57-3)40(54)52-18-4-5-31(52)36-45-20-29(47-36)25-10-6-23(7-11-25)24-8-12-26(13-9-24)30-21-46-37(48-30)32-27-14-15-28(19-27)33(32)39(53)51-50-38-35(42)43-16-17-44-38/h6-13,16-17,20-22,27-28,31-34H,4-5,14-15,18-19H2,1-3H3,(H,44,50)(H,45,47)(H,46,48)(H,49,55)(H,51,53)/t22-,27?,28?,31+,32-,33?,34+/m1/s1. The number of fused-ring (bicyclic) bond motifs is 2. The number of aromatic nitrogens is 6. The number of carbonyl (C=O) groups is 3. The maximum atomic E-state index is 13.6. The summed E-state index contributed by atoms with van der Waals surface area (Å²) in [5.74, 6) is 1.96. The van der Waals surface area contributed by atoms with Gasteiger partial charge in [-0.1, -0.05) is 60.1 Å². The number of imidazole rings is 2. The van der Waals surface area contributed by atoms with Gasteiger partial charge >= 0.3 is 6.09 Å². The second-order valence-corrected chi connectivity index (χ2v) is 15.3. The van der Waals surface area contributed by atoms with E-state index in [0.717, 1.165) is 71.6 Å². The fourth-order valence-electron chi connectivity index (χ4n) is 8.86.